The van der Waals surface area contributed by atoms with Gasteiger partial charge < -0.3 is 14.4 Å². The third-order valence-electron chi connectivity index (χ3n) is 3.31. The molecule has 0 radical (unpaired) electrons. The predicted octanol–water partition coefficient (Wildman–Crippen LogP) is 4.97. The van der Waals surface area contributed by atoms with Crippen LogP contribution < -0.4 is 9.47 Å². The summed E-state index contributed by atoms with van der Waals surface area (Å²) >= 11 is 0. The van der Waals surface area contributed by atoms with Gasteiger partial charge in [-0.1, -0.05) is 36.4 Å². The highest BCUT2D eigenvalue weighted by atomic mass is 16.5. The van der Waals surface area contributed by atoms with E-state index in [4.69, 9.17) is 9.47 Å². The van der Waals surface area contributed by atoms with Crippen LogP contribution in [0, 0.1) is 0 Å². The van der Waals surface area contributed by atoms with Gasteiger partial charge in [-0.2, -0.15) is 0 Å². The maximum absolute atomic E-state index is 6.20. The Morgan fingerprint density at radius 1 is 1.00 bits per heavy atom. The van der Waals surface area contributed by atoms with E-state index in [0.717, 1.165) is 34.9 Å². The molecule has 122 valence electrons. The summed E-state index contributed by atoms with van der Waals surface area (Å²) in [4.78, 5) is 2.13. The van der Waals surface area contributed by atoms with Gasteiger partial charge in [0, 0.05) is 12.1 Å². The number of nitrogens with zero attached hydrogens (tertiary/aromatic N) is 1. The van der Waals surface area contributed by atoms with Crippen LogP contribution in [0.5, 0.6) is 17.2 Å². The molecule has 0 bridgehead atoms. The van der Waals surface area contributed by atoms with Crippen LogP contribution in [-0.4, -0.2) is 25.6 Å². The maximum atomic E-state index is 6.20. The Morgan fingerprint density at radius 3 is 2.48 bits per heavy atom. The molecular formula is C20H25NO2. The molecule has 0 heterocycles. The lowest BCUT2D eigenvalue weighted by molar-refractivity contribution is 0.319. The average Bonchev–Trinajstić information content (AvgIpc) is 2.52. The van der Waals surface area contributed by atoms with Gasteiger partial charge in [0.05, 0.1) is 6.61 Å². The largest absolute Gasteiger partial charge is 0.490 e. The van der Waals surface area contributed by atoms with Crippen molar-refractivity contribution >= 4 is 6.08 Å². The Balaban J connectivity index is 2.36. The number of hydrogen-bond acceptors (Lipinski definition) is 3. The molecule has 2 aromatic rings. The normalized spacial score (nSPS) is 11.2. The second-order valence-electron chi connectivity index (χ2n) is 5.59. The molecule has 0 aliphatic rings. The first-order chi connectivity index (χ1) is 11.1. The first-order valence-corrected chi connectivity index (χ1v) is 7.94. The van der Waals surface area contributed by atoms with E-state index in [9.17, 15) is 0 Å². The number of allylic oxidation sites excluding steroid dienone is 1. The molecule has 0 aliphatic carbocycles. The second kappa shape index (κ2) is 8.39. The molecule has 0 spiro atoms. The predicted molar refractivity (Wildman–Crippen MR) is 96.2 cm³/mol. The van der Waals surface area contributed by atoms with Crippen molar-refractivity contribution in [3.8, 4) is 17.2 Å². The molecular weight excluding hydrogens is 286 g/mol. The summed E-state index contributed by atoms with van der Waals surface area (Å²) in [6, 6.07) is 14.1. The maximum Gasteiger partial charge on any atom is 0.169 e. The summed E-state index contributed by atoms with van der Waals surface area (Å²) in [5.41, 5.74) is 2.24. The fraction of sp³-hybridized carbons (Fsp3) is 0.300. The van der Waals surface area contributed by atoms with E-state index in [-0.39, 0.29) is 0 Å². The summed E-state index contributed by atoms with van der Waals surface area (Å²) in [5, 5.41) is 0. The highest BCUT2D eigenvalue weighted by Gasteiger charge is 2.10. The van der Waals surface area contributed by atoms with Crippen LogP contribution in [0.15, 0.2) is 48.5 Å². The van der Waals surface area contributed by atoms with Gasteiger partial charge in [0.1, 0.15) is 5.75 Å². The zero-order valence-corrected chi connectivity index (χ0v) is 14.4. The summed E-state index contributed by atoms with van der Waals surface area (Å²) in [6.07, 6.45) is 4.06. The lowest BCUT2D eigenvalue weighted by atomic mass is 10.1. The topological polar surface area (TPSA) is 21.7 Å². The van der Waals surface area contributed by atoms with Crippen molar-refractivity contribution in [2.24, 2.45) is 0 Å². The number of ether oxygens (including phenoxy) is 2. The number of rotatable bonds is 7. The third kappa shape index (κ3) is 4.86. The molecule has 0 saturated heterocycles. The Hall–Kier alpha value is -2.26. The van der Waals surface area contributed by atoms with Crippen molar-refractivity contribution < 1.29 is 9.47 Å². The molecule has 23 heavy (non-hydrogen) atoms. The minimum Gasteiger partial charge on any atom is -0.490 e. The van der Waals surface area contributed by atoms with Gasteiger partial charge in [0.25, 0.3) is 0 Å². The smallest absolute Gasteiger partial charge is 0.169 e. The summed E-state index contributed by atoms with van der Waals surface area (Å²) in [5.74, 6) is 2.37. The van der Waals surface area contributed by atoms with Gasteiger partial charge in [0.2, 0.25) is 0 Å². The first-order valence-electron chi connectivity index (χ1n) is 7.94. The van der Waals surface area contributed by atoms with Crippen molar-refractivity contribution in [2.75, 3.05) is 20.7 Å². The third-order valence-corrected chi connectivity index (χ3v) is 3.31. The van der Waals surface area contributed by atoms with E-state index in [0.29, 0.717) is 6.61 Å². The highest BCUT2D eigenvalue weighted by molar-refractivity contribution is 5.56. The van der Waals surface area contributed by atoms with E-state index in [1.165, 1.54) is 0 Å². The summed E-state index contributed by atoms with van der Waals surface area (Å²) < 4.78 is 11.9. The lowest BCUT2D eigenvalue weighted by Crippen LogP contribution is -2.11. The van der Waals surface area contributed by atoms with Crippen molar-refractivity contribution in [3.05, 3.63) is 59.7 Å². The van der Waals surface area contributed by atoms with Crippen molar-refractivity contribution in [1.29, 1.82) is 0 Å². The van der Waals surface area contributed by atoms with Gasteiger partial charge in [-0.3, -0.25) is 0 Å². The van der Waals surface area contributed by atoms with Crippen molar-refractivity contribution in [1.82, 2.24) is 4.90 Å². The van der Waals surface area contributed by atoms with Crippen LogP contribution in [0.25, 0.3) is 6.08 Å². The van der Waals surface area contributed by atoms with Crippen LogP contribution in [-0.2, 0) is 6.54 Å². The van der Waals surface area contributed by atoms with Gasteiger partial charge in [-0.15, -0.1) is 0 Å². The van der Waals surface area contributed by atoms with E-state index in [1.807, 2.05) is 62.4 Å². The molecule has 0 atom stereocenters. The van der Waals surface area contributed by atoms with Crippen molar-refractivity contribution in [3.63, 3.8) is 0 Å². The molecule has 0 N–H and O–H groups in total. The van der Waals surface area contributed by atoms with Gasteiger partial charge in [-0.05, 0) is 51.7 Å². The van der Waals surface area contributed by atoms with Crippen LogP contribution in [0.1, 0.15) is 25.0 Å². The Kier molecular flexibility index (Phi) is 6.24. The molecule has 0 unspecified atom stereocenters. The molecule has 2 rings (SSSR count). The second-order valence-corrected chi connectivity index (χ2v) is 5.59. The molecule has 2 aromatic carbocycles. The molecule has 0 aromatic heterocycles. The summed E-state index contributed by atoms with van der Waals surface area (Å²) in [6.45, 7) is 5.42. The quantitative estimate of drug-likeness (QED) is 0.720. The van der Waals surface area contributed by atoms with E-state index in [1.54, 1.807) is 0 Å². The number of para-hydroxylation sites is 1. The Bertz CT molecular complexity index is 662. The monoisotopic (exact) mass is 311 g/mol. The van der Waals surface area contributed by atoms with Crippen LogP contribution >= 0.6 is 0 Å². The van der Waals surface area contributed by atoms with E-state index >= 15 is 0 Å². The van der Waals surface area contributed by atoms with Gasteiger partial charge >= 0.3 is 0 Å². The molecule has 3 nitrogen and oxygen atoms in total. The fourth-order valence-corrected chi connectivity index (χ4v) is 2.37. The highest BCUT2D eigenvalue weighted by Crippen LogP contribution is 2.34. The first kappa shape index (κ1) is 17.1. The molecule has 3 heteroatoms. The van der Waals surface area contributed by atoms with E-state index in [2.05, 4.69) is 25.1 Å². The summed E-state index contributed by atoms with van der Waals surface area (Å²) in [7, 11) is 4.10. The minimum atomic E-state index is 0.610. The Labute approximate surface area is 139 Å². The number of benzene rings is 2. The van der Waals surface area contributed by atoms with Crippen LogP contribution in [0.2, 0.25) is 0 Å². The molecule has 0 saturated carbocycles. The van der Waals surface area contributed by atoms with Crippen LogP contribution in [0.4, 0.5) is 0 Å². The molecule has 0 aliphatic heterocycles. The van der Waals surface area contributed by atoms with Gasteiger partial charge in [0.15, 0.2) is 11.5 Å². The zero-order valence-electron chi connectivity index (χ0n) is 14.4. The minimum absolute atomic E-state index is 0.610. The van der Waals surface area contributed by atoms with Crippen molar-refractivity contribution in [2.45, 2.75) is 20.4 Å². The van der Waals surface area contributed by atoms with Crippen LogP contribution in [0.3, 0.4) is 0 Å². The Morgan fingerprint density at radius 2 is 1.78 bits per heavy atom. The average molecular weight is 311 g/mol. The lowest BCUT2D eigenvalue weighted by Gasteiger charge is -2.17. The fourth-order valence-electron chi connectivity index (χ4n) is 2.37. The molecule has 0 fully saturated rings. The van der Waals surface area contributed by atoms with E-state index < -0.39 is 0 Å². The standard InChI is InChI=1S/C20H25NO2/c1-5-9-16-12-13-19(22-6-2)20(14-16)23-18-11-8-7-10-17(18)15-21(3)4/h5,7-14H,6,15H2,1-4H3/b9-5+. The SMILES string of the molecule is C/C=C/c1ccc(OCC)c(Oc2ccccc2CN(C)C)c1. The van der Waals surface area contributed by atoms with Gasteiger partial charge in [-0.25, -0.2) is 0 Å². The zero-order chi connectivity index (χ0) is 16.7. The molecule has 0 amide bonds. The number of hydrogen-bond donors (Lipinski definition) is 0.